The Morgan fingerprint density at radius 3 is 2.40 bits per heavy atom. The van der Waals surface area contributed by atoms with Gasteiger partial charge in [0.25, 0.3) is 0 Å². The van der Waals surface area contributed by atoms with Crippen molar-refractivity contribution < 1.29 is 9.53 Å². The highest BCUT2D eigenvalue weighted by Crippen LogP contribution is 2.02. The Morgan fingerprint density at radius 2 is 1.90 bits per heavy atom. The van der Waals surface area contributed by atoms with Crippen molar-refractivity contribution in [1.82, 2.24) is 10.6 Å². The summed E-state index contributed by atoms with van der Waals surface area (Å²) in [6, 6.07) is 0. The molecule has 0 rings (SSSR count). The SMILES string of the molecule is CCNC(=NCC(C)C(=O)OC)NCCCC(C)C.I. The predicted molar refractivity (Wildman–Crippen MR) is 94.6 cm³/mol. The van der Waals surface area contributed by atoms with E-state index in [1.807, 2.05) is 13.8 Å². The topological polar surface area (TPSA) is 62.7 Å². The zero-order chi connectivity index (χ0) is 14.7. The number of hydrogen-bond acceptors (Lipinski definition) is 3. The Bertz CT molecular complexity index is 284. The summed E-state index contributed by atoms with van der Waals surface area (Å²) < 4.78 is 4.68. The number of halogens is 1. The van der Waals surface area contributed by atoms with Crippen molar-refractivity contribution in [3.8, 4) is 0 Å². The zero-order valence-electron chi connectivity index (χ0n) is 13.4. The Morgan fingerprint density at radius 1 is 1.25 bits per heavy atom. The minimum Gasteiger partial charge on any atom is -0.469 e. The summed E-state index contributed by atoms with van der Waals surface area (Å²) in [6.07, 6.45) is 2.32. The first-order valence-electron chi connectivity index (χ1n) is 7.11. The van der Waals surface area contributed by atoms with Crippen molar-refractivity contribution in [2.75, 3.05) is 26.7 Å². The van der Waals surface area contributed by atoms with Gasteiger partial charge in [-0.25, -0.2) is 0 Å². The molecule has 0 saturated heterocycles. The molecule has 0 aliphatic carbocycles. The lowest BCUT2D eigenvalue weighted by Gasteiger charge is -2.13. The Hall–Kier alpha value is -0.530. The second-order valence-electron chi connectivity index (χ2n) is 5.11. The molecule has 120 valence electrons. The fourth-order valence-corrected chi connectivity index (χ4v) is 1.56. The second-order valence-corrected chi connectivity index (χ2v) is 5.11. The van der Waals surface area contributed by atoms with Gasteiger partial charge in [-0.15, -0.1) is 24.0 Å². The molecule has 0 saturated carbocycles. The summed E-state index contributed by atoms with van der Waals surface area (Å²) in [7, 11) is 1.40. The molecular formula is C14H30IN3O2. The summed E-state index contributed by atoms with van der Waals surface area (Å²) in [5.74, 6) is 1.05. The molecule has 0 spiro atoms. The molecule has 20 heavy (non-hydrogen) atoms. The summed E-state index contributed by atoms with van der Waals surface area (Å²) in [5, 5.41) is 6.44. The van der Waals surface area contributed by atoms with Crippen LogP contribution in [0.15, 0.2) is 4.99 Å². The highest BCUT2D eigenvalue weighted by molar-refractivity contribution is 14.0. The largest absolute Gasteiger partial charge is 0.469 e. The average Bonchev–Trinajstić information content (AvgIpc) is 2.38. The molecule has 1 unspecified atom stereocenters. The number of guanidine groups is 1. The fraction of sp³-hybridized carbons (Fsp3) is 0.857. The van der Waals surface area contributed by atoms with E-state index in [1.165, 1.54) is 13.5 Å². The fourth-order valence-electron chi connectivity index (χ4n) is 1.56. The van der Waals surface area contributed by atoms with Gasteiger partial charge in [0.15, 0.2) is 5.96 Å². The molecule has 5 nitrogen and oxygen atoms in total. The molecule has 0 aromatic rings. The molecule has 0 aliphatic heterocycles. The van der Waals surface area contributed by atoms with Crippen molar-refractivity contribution >= 4 is 35.9 Å². The van der Waals surface area contributed by atoms with Crippen LogP contribution in [0.25, 0.3) is 0 Å². The number of carbonyl (C=O) groups is 1. The lowest BCUT2D eigenvalue weighted by atomic mass is 10.1. The molecule has 0 heterocycles. The first-order valence-corrected chi connectivity index (χ1v) is 7.11. The van der Waals surface area contributed by atoms with E-state index in [0.29, 0.717) is 6.54 Å². The van der Waals surface area contributed by atoms with Gasteiger partial charge < -0.3 is 15.4 Å². The van der Waals surface area contributed by atoms with Gasteiger partial charge in [-0.3, -0.25) is 9.79 Å². The van der Waals surface area contributed by atoms with E-state index in [-0.39, 0.29) is 35.9 Å². The van der Waals surface area contributed by atoms with Crippen LogP contribution in [0.5, 0.6) is 0 Å². The van der Waals surface area contributed by atoms with Gasteiger partial charge in [0.1, 0.15) is 0 Å². The molecule has 0 amide bonds. The van der Waals surface area contributed by atoms with Gasteiger partial charge >= 0.3 is 5.97 Å². The number of methoxy groups -OCH3 is 1. The maximum absolute atomic E-state index is 11.3. The van der Waals surface area contributed by atoms with Gasteiger partial charge in [0.05, 0.1) is 19.6 Å². The number of ether oxygens (including phenoxy) is 1. The molecule has 0 aromatic carbocycles. The molecule has 0 aromatic heterocycles. The first kappa shape index (κ1) is 21.8. The van der Waals surface area contributed by atoms with Crippen LogP contribution < -0.4 is 10.6 Å². The molecule has 1 atom stereocenters. The smallest absolute Gasteiger partial charge is 0.310 e. The summed E-state index contributed by atoms with van der Waals surface area (Å²) >= 11 is 0. The van der Waals surface area contributed by atoms with Gasteiger partial charge in [-0.1, -0.05) is 20.8 Å². The van der Waals surface area contributed by atoms with Crippen molar-refractivity contribution in [2.45, 2.75) is 40.5 Å². The van der Waals surface area contributed by atoms with Crippen LogP contribution in [0.2, 0.25) is 0 Å². The van der Waals surface area contributed by atoms with E-state index < -0.39 is 0 Å². The number of nitrogens with zero attached hydrogens (tertiary/aromatic N) is 1. The van der Waals surface area contributed by atoms with E-state index in [9.17, 15) is 4.79 Å². The highest BCUT2D eigenvalue weighted by atomic mass is 127. The molecular weight excluding hydrogens is 369 g/mol. The highest BCUT2D eigenvalue weighted by Gasteiger charge is 2.12. The molecule has 0 bridgehead atoms. The van der Waals surface area contributed by atoms with E-state index in [0.717, 1.165) is 31.4 Å². The molecule has 0 aliphatic rings. The number of carbonyl (C=O) groups excluding carboxylic acids is 1. The third-order valence-electron chi connectivity index (χ3n) is 2.72. The van der Waals surface area contributed by atoms with Crippen molar-refractivity contribution in [1.29, 1.82) is 0 Å². The first-order chi connectivity index (χ1) is 9.01. The van der Waals surface area contributed by atoms with Crippen molar-refractivity contribution in [2.24, 2.45) is 16.8 Å². The second kappa shape index (κ2) is 13.5. The van der Waals surface area contributed by atoms with Gasteiger partial charge in [0.2, 0.25) is 0 Å². The lowest BCUT2D eigenvalue weighted by molar-refractivity contribution is -0.144. The van der Waals surface area contributed by atoms with Crippen molar-refractivity contribution in [3.05, 3.63) is 0 Å². The third kappa shape index (κ3) is 11.3. The number of rotatable bonds is 8. The summed E-state index contributed by atoms with van der Waals surface area (Å²) in [5.41, 5.74) is 0. The van der Waals surface area contributed by atoms with Gasteiger partial charge in [-0.05, 0) is 25.7 Å². The normalized spacial score (nSPS) is 12.6. The standard InChI is InChI=1S/C14H29N3O2.HI/c1-6-15-14(16-9-7-8-11(2)3)17-10-12(4)13(18)19-5;/h11-12H,6-10H2,1-5H3,(H2,15,16,17);1H. The maximum atomic E-state index is 11.3. The Labute approximate surface area is 140 Å². The van der Waals surface area contributed by atoms with Crippen LogP contribution in [0.1, 0.15) is 40.5 Å². The van der Waals surface area contributed by atoms with Gasteiger partial charge in [-0.2, -0.15) is 0 Å². The van der Waals surface area contributed by atoms with Crippen molar-refractivity contribution in [3.63, 3.8) is 0 Å². The number of aliphatic imine (C=N–C) groups is 1. The summed E-state index contributed by atoms with van der Waals surface area (Å²) in [6.45, 7) is 10.4. The number of hydrogen-bond donors (Lipinski definition) is 2. The quantitative estimate of drug-likeness (QED) is 0.216. The zero-order valence-corrected chi connectivity index (χ0v) is 15.7. The number of esters is 1. The lowest BCUT2D eigenvalue weighted by Crippen LogP contribution is -2.38. The van der Waals surface area contributed by atoms with E-state index in [1.54, 1.807) is 0 Å². The van der Waals surface area contributed by atoms with Crippen LogP contribution >= 0.6 is 24.0 Å². The number of nitrogens with one attached hydrogen (secondary N) is 2. The maximum Gasteiger partial charge on any atom is 0.310 e. The van der Waals surface area contributed by atoms with Crippen LogP contribution in [-0.4, -0.2) is 38.7 Å². The minimum absolute atomic E-state index is 0. The van der Waals surface area contributed by atoms with E-state index in [2.05, 4.69) is 34.2 Å². The summed E-state index contributed by atoms with van der Waals surface area (Å²) in [4.78, 5) is 15.7. The Balaban J connectivity index is 0. The van der Waals surface area contributed by atoms with E-state index in [4.69, 9.17) is 0 Å². The Kier molecular flexibility index (Phi) is 14.6. The van der Waals surface area contributed by atoms with Crippen LogP contribution in [0.4, 0.5) is 0 Å². The van der Waals surface area contributed by atoms with Crippen LogP contribution in [0, 0.1) is 11.8 Å². The van der Waals surface area contributed by atoms with Crippen LogP contribution in [0.3, 0.4) is 0 Å². The third-order valence-corrected chi connectivity index (χ3v) is 2.72. The monoisotopic (exact) mass is 399 g/mol. The average molecular weight is 399 g/mol. The molecule has 0 fully saturated rings. The predicted octanol–water partition coefficient (Wildman–Crippen LogP) is 2.40. The van der Waals surface area contributed by atoms with Gasteiger partial charge in [0, 0.05) is 13.1 Å². The van der Waals surface area contributed by atoms with Crippen LogP contribution in [-0.2, 0) is 9.53 Å². The van der Waals surface area contributed by atoms with E-state index >= 15 is 0 Å². The molecule has 0 radical (unpaired) electrons. The molecule has 2 N–H and O–H groups in total. The molecule has 6 heteroatoms. The minimum atomic E-state index is -0.223.